The van der Waals surface area contributed by atoms with Gasteiger partial charge in [0.2, 0.25) is 0 Å². The lowest BCUT2D eigenvalue weighted by Gasteiger charge is -2.25. The highest BCUT2D eigenvalue weighted by molar-refractivity contribution is 6.78. The standard InChI is InChI=1S/C8H18O2Si/c1-6(8(9)10)7(2)11(3,4)5/h7,9-10H,1-5H3/t7-/m0/s1. The molecule has 0 unspecified atom stereocenters. The van der Waals surface area contributed by atoms with Gasteiger partial charge < -0.3 is 10.2 Å². The van der Waals surface area contributed by atoms with E-state index in [0.29, 0.717) is 11.1 Å². The van der Waals surface area contributed by atoms with Gasteiger partial charge in [-0.2, -0.15) is 0 Å². The van der Waals surface area contributed by atoms with E-state index < -0.39 is 14.0 Å². The maximum Gasteiger partial charge on any atom is 0.272 e. The molecule has 0 aromatic carbocycles. The summed E-state index contributed by atoms with van der Waals surface area (Å²) in [5.74, 6) is -0.500. The van der Waals surface area contributed by atoms with Crippen LogP contribution in [0.3, 0.4) is 0 Å². The molecule has 0 aliphatic heterocycles. The molecule has 2 nitrogen and oxygen atoms in total. The summed E-state index contributed by atoms with van der Waals surface area (Å²) in [5.41, 5.74) is 1.04. The average Bonchev–Trinajstić information content (AvgIpc) is 1.82. The van der Waals surface area contributed by atoms with Gasteiger partial charge in [0.05, 0.1) is 8.07 Å². The molecule has 3 heteroatoms. The van der Waals surface area contributed by atoms with Crippen LogP contribution in [-0.2, 0) is 0 Å². The molecule has 0 aromatic rings. The van der Waals surface area contributed by atoms with Crippen LogP contribution in [0.4, 0.5) is 0 Å². The van der Waals surface area contributed by atoms with E-state index in [0.717, 1.165) is 0 Å². The number of aliphatic hydroxyl groups excluding tert-OH is 1. The summed E-state index contributed by atoms with van der Waals surface area (Å²) >= 11 is 0. The largest absolute Gasteiger partial charge is 0.481 e. The van der Waals surface area contributed by atoms with E-state index in [4.69, 9.17) is 10.2 Å². The highest BCUT2D eigenvalue weighted by atomic mass is 28.3. The lowest BCUT2D eigenvalue weighted by atomic mass is 10.2. The van der Waals surface area contributed by atoms with E-state index >= 15 is 0 Å². The summed E-state index contributed by atoms with van der Waals surface area (Å²) in [6.07, 6.45) is 0. The van der Waals surface area contributed by atoms with Crippen molar-refractivity contribution in [1.82, 2.24) is 0 Å². The predicted octanol–water partition coefficient (Wildman–Crippen LogP) is 3.06. The molecule has 11 heavy (non-hydrogen) atoms. The van der Waals surface area contributed by atoms with Gasteiger partial charge in [-0.25, -0.2) is 0 Å². The quantitative estimate of drug-likeness (QED) is 0.499. The Morgan fingerprint density at radius 3 is 1.64 bits per heavy atom. The molecule has 0 saturated carbocycles. The summed E-state index contributed by atoms with van der Waals surface area (Å²) in [5, 5.41) is 17.6. The predicted molar refractivity (Wildman–Crippen MR) is 50.7 cm³/mol. The first-order chi connectivity index (χ1) is 4.76. The first-order valence-electron chi connectivity index (χ1n) is 3.85. The number of hydrogen-bond donors (Lipinski definition) is 2. The third-order valence-corrected chi connectivity index (χ3v) is 5.33. The van der Waals surface area contributed by atoms with E-state index in [-0.39, 0.29) is 0 Å². The van der Waals surface area contributed by atoms with Crippen molar-refractivity contribution in [3.05, 3.63) is 11.5 Å². The van der Waals surface area contributed by atoms with Crippen molar-refractivity contribution >= 4 is 8.07 Å². The van der Waals surface area contributed by atoms with E-state index in [1.54, 1.807) is 6.92 Å². The van der Waals surface area contributed by atoms with Gasteiger partial charge in [0, 0.05) is 5.57 Å². The van der Waals surface area contributed by atoms with Crippen LogP contribution in [0.25, 0.3) is 0 Å². The molecular formula is C8H18O2Si. The minimum absolute atomic E-state index is 0.326. The molecule has 0 heterocycles. The number of allylic oxidation sites excluding steroid dienone is 1. The normalized spacial score (nSPS) is 14.3. The molecular weight excluding hydrogens is 156 g/mol. The van der Waals surface area contributed by atoms with E-state index in [1.807, 2.05) is 6.92 Å². The molecule has 0 saturated heterocycles. The van der Waals surface area contributed by atoms with Crippen LogP contribution in [0.15, 0.2) is 11.5 Å². The summed E-state index contributed by atoms with van der Waals surface area (Å²) in [6, 6.07) is 0. The fourth-order valence-corrected chi connectivity index (χ4v) is 2.27. The molecule has 0 aromatic heterocycles. The second-order valence-electron chi connectivity index (χ2n) is 4.09. The zero-order valence-electron chi connectivity index (χ0n) is 7.97. The van der Waals surface area contributed by atoms with Crippen LogP contribution in [0.2, 0.25) is 25.2 Å². The molecule has 0 aliphatic rings. The second-order valence-corrected chi connectivity index (χ2v) is 9.69. The van der Waals surface area contributed by atoms with Crippen molar-refractivity contribution in [2.24, 2.45) is 0 Å². The molecule has 0 aliphatic carbocycles. The molecule has 0 bridgehead atoms. The van der Waals surface area contributed by atoms with Crippen molar-refractivity contribution in [2.45, 2.75) is 39.0 Å². The van der Waals surface area contributed by atoms with Crippen molar-refractivity contribution in [3.8, 4) is 0 Å². The van der Waals surface area contributed by atoms with Crippen molar-refractivity contribution in [3.63, 3.8) is 0 Å². The highest BCUT2D eigenvalue weighted by Crippen LogP contribution is 2.29. The summed E-state index contributed by atoms with van der Waals surface area (Å²) in [7, 11) is -1.26. The van der Waals surface area contributed by atoms with E-state index in [9.17, 15) is 0 Å². The van der Waals surface area contributed by atoms with Gasteiger partial charge in [-0.15, -0.1) is 0 Å². The van der Waals surface area contributed by atoms with Crippen LogP contribution in [-0.4, -0.2) is 18.3 Å². The van der Waals surface area contributed by atoms with Gasteiger partial charge in [0.25, 0.3) is 5.95 Å². The minimum atomic E-state index is -1.26. The Morgan fingerprint density at radius 1 is 1.18 bits per heavy atom. The molecule has 1 atom stereocenters. The second kappa shape index (κ2) is 3.30. The highest BCUT2D eigenvalue weighted by Gasteiger charge is 2.25. The Bertz CT molecular complexity index is 163. The van der Waals surface area contributed by atoms with Crippen LogP contribution < -0.4 is 0 Å². The van der Waals surface area contributed by atoms with E-state index in [2.05, 4.69) is 19.6 Å². The number of aliphatic hydroxyl groups is 2. The smallest absolute Gasteiger partial charge is 0.272 e. The summed E-state index contributed by atoms with van der Waals surface area (Å²) in [6.45, 7) is 10.5. The van der Waals surface area contributed by atoms with Gasteiger partial charge in [0.1, 0.15) is 0 Å². The van der Waals surface area contributed by atoms with Crippen LogP contribution >= 0.6 is 0 Å². The minimum Gasteiger partial charge on any atom is -0.481 e. The lowest BCUT2D eigenvalue weighted by Crippen LogP contribution is -2.27. The maximum atomic E-state index is 8.81. The molecule has 2 N–H and O–H groups in total. The first-order valence-corrected chi connectivity index (χ1v) is 7.43. The van der Waals surface area contributed by atoms with E-state index in [1.165, 1.54) is 0 Å². The number of rotatable bonds is 2. The topological polar surface area (TPSA) is 40.5 Å². The maximum absolute atomic E-state index is 8.81. The first kappa shape index (κ1) is 10.6. The van der Waals surface area contributed by atoms with Crippen molar-refractivity contribution in [1.29, 1.82) is 0 Å². The Morgan fingerprint density at radius 2 is 1.55 bits per heavy atom. The van der Waals surface area contributed by atoms with Gasteiger partial charge >= 0.3 is 0 Å². The summed E-state index contributed by atoms with van der Waals surface area (Å²) in [4.78, 5) is 0. The number of hydrogen-bond acceptors (Lipinski definition) is 2. The fraction of sp³-hybridized carbons (Fsp3) is 0.750. The monoisotopic (exact) mass is 174 g/mol. The molecule has 0 spiro atoms. The lowest BCUT2D eigenvalue weighted by molar-refractivity contribution is 0.183. The Hall–Kier alpha value is -0.443. The Balaban J connectivity index is 4.52. The molecule has 0 radical (unpaired) electrons. The van der Waals surface area contributed by atoms with Gasteiger partial charge in [0.15, 0.2) is 0 Å². The van der Waals surface area contributed by atoms with Gasteiger partial charge in [-0.05, 0) is 12.5 Å². The van der Waals surface area contributed by atoms with Crippen molar-refractivity contribution in [2.75, 3.05) is 0 Å². The molecule has 0 fully saturated rings. The van der Waals surface area contributed by atoms with Crippen molar-refractivity contribution < 1.29 is 10.2 Å². The van der Waals surface area contributed by atoms with Crippen LogP contribution in [0, 0.1) is 0 Å². The zero-order valence-corrected chi connectivity index (χ0v) is 8.97. The Labute approximate surface area is 69.6 Å². The molecule has 66 valence electrons. The van der Waals surface area contributed by atoms with Crippen LogP contribution in [0.5, 0.6) is 0 Å². The third kappa shape index (κ3) is 2.97. The third-order valence-electron chi connectivity index (χ3n) is 2.30. The van der Waals surface area contributed by atoms with Crippen LogP contribution in [0.1, 0.15) is 13.8 Å². The zero-order chi connectivity index (χ0) is 9.23. The Kier molecular flexibility index (Phi) is 3.17. The average molecular weight is 174 g/mol. The SMILES string of the molecule is CC(=C(O)O)[C@H](C)[Si](C)(C)C. The fourth-order valence-electron chi connectivity index (χ4n) is 0.843. The molecule has 0 rings (SSSR count). The molecule has 0 amide bonds. The summed E-state index contributed by atoms with van der Waals surface area (Å²) < 4.78 is 0. The van der Waals surface area contributed by atoms with Gasteiger partial charge in [-0.3, -0.25) is 0 Å². The van der Waals surface area contributed by atoms with Gasteiger partial charge in [-0.1, -0.05) is 26.6 Å².